The number of aliphatic hydroxyl groups excluding tert-OH is 1. The molecule has 2 N–H and O–H groups in total. The van der Waals surface area contributed by atoms with Gasteiger partial charge in [0.1, 0.15) is 5.75 Å². The molecule has 0 radical (unpaired) electrons. The monoisotopic (exact) mass is 511 g/mol. The molecule has 10 nitrogen and oxygen atoms in total. The van der Waals surface area contributed by atoms with Crippen molar-refractivity contribution in [3.05, 3.63) is 41.5 Å². The Morgan fingerprint density at radius 1 is 1.32 bits per heavy atom. The molecule has 2 heterocycles. The van der Waals surface area contributed by atoms with Crippen molar-refractivity contribution in [2.75, 3.05) is 32.2 Å². The third-order valence-electron chi connectivity index (χ3n) is 4.94. The zero-order chi connectivity index (χ0) is 23.4. The summed E-state index contributed by atoms with van der Waals surface area (Å²) in [7, 11) is -1.61. The molecule has 0 aromatic heterocycles. The average Bonchev–Trinajstić information content (AvgIpc) is 3.38. The second-order valence-electron chi connectivity index (χ2n) is 6.89. The summed E-state index contributed by atoms with van der Waals surface area (Å²) in [5, 5.41) is 10.1. The van der Waals surface area contributed by atoms with Gasteiger partial charge in [0.05, 0.1) is 12.9 Å². The molecule has 0 spiro atoms. The van der Waals surface area contributed by atoms with Crippen molar-refractivity contribution in [1.82, 2.24) is 9.03 Å². The summed E-state index contributed by atoms with van der Waals surface area (Å²) in [6.45, 7) is 3.85. The van der Waals surface area contributed by atoms with Gasteiger partial charge in [-0.15, -0.1) is 0 Å². The molecule has 2 aliphatic heterocycles. The Labute approximate surface area is 189 Å². The summed E-state index contributed by atoms with van der Waals surface area (Å²) < 4.78 is 58.9. The molecule has 1 aromatic rings. The molecule has 2 atom stereocenters. The predicted octanol–water partition coefficient (Wildman–Crippen LogP) is 1.64. The molecular weight excluding hydrogens is 484 g/mol. The van der Waals surface area contributed by atoms with Crippen molar-refractivity contribution in [2.24, 2.45) is 0 Å². The summed E-state index contributed by atoms with van der Waals surface area (Å²) in [5.74, 6) is -0.450. The summed E-state index contributed by atoms with van der Waals surface area (Å²) in [6.07, 6.45) is 1.05. The summed E-state index contributed by atoms with van der Waals surface area (Å²) in [5.41, 5.74) is -1.02. The van der Waals surface area contributed by atoms with E-state index >= 15 is 0 Å². The van der Waals surface area contributed by atoms with Gasteiger partial charge in [-0.25, -0.2) is 12.7 Å². The van der Waals surface area contributed by atoms with E-state index in [4.69, 9.17) is 9.47 Å². The average molecular weight is 511 g/mol. The summed E-state index contributed by atoms with van der Waals surface area (Å²) >= 11 is -3.00. The van der Waals surface area contributed by atoms with Crippen LogP contribution in [0, 0.1) is 0 Å². The number of sulfonamides is 1. The number of nitrogens with zero attached hydrogens (tertiary/aromatic N) is 1. The molecule has 0 bridgehead atoms. The molecule has 1 aromatic carbocycles. The minimum atomic E-state index is -3.66. The number of Topliss-reactive ketones (excluding diaryl/α,β-unsaturated/α-hetero) is 1. The first-order valence-electron chi connectivity index (χ1n) is 9.48. The molecule has 3 rings (SSSR count). The van der Waals surface area contributed by atoms with Gasteiger partial charge in [-0.1, -0.05) is 12.1 Å². The number of thiol groups is 1. The van der Waals surface area contributed by atoms with Gasteiger partial charge in [-0.3, -0.25) is 4.79 Å². The molecule has 173 valence electrons. The summed E-state index contributed by atoms with van der Waals surface area (Å²) in [6, 6.07) is 6.56. The number of rotatable bonds is 6. The Morgan fingerprint density at radius 3 is 2.35 bits per heavy atom. The number of methoxy groups -OCH3 is 1. The first kappa shape index (κ1) is 25.7. The third kappa shape index (κ3) is 5.61. The zero-order valence-corrected chi connectivity index (χ0v) is 21.0. The number of ether oxygens (including phenoxy) is 2. The Kier molecular flexibility index (Phi) is 8.57. The van der Waals surface area contributed by atoms with Crippen LogP contribution in [-0.2, 0) is 48.3 Å². The standard InChI is InChI=1S/C15H19NO6S.C3H7NS.2O.Ti/c1-5-23(19,20)16(3)14-12(17)13(18)15(2,22-14)10-6-8-11(21-4)9-7-10;1-2-4-5-3-1;;;/h6-9,17H,5H2,1-4H3;4H,1-3H2;;;/q;;;;-1/p+1. The van der Waals surface area contributed by atoms with E-state index in [1.54, 1.807) is 24.3 Å². The van der Waals surface area contributed by atoms with Crippen LogP contribution in [0.2, 0.25) is 0 Å². The molecule has 2 aliphatic rings. The normalized spacial score (nSPS) is 24.3. The molecule has 1 saturated heterocycles. The van der Waals surface area contributed by atoms with Crippen LogP contribution < -0.4 is 9.46 Å². The summed E-state index contributed by atoms with van der Waals surface area (Å²) in [4.78, 5) is 12.4. The minimum absolute atomic E-state index is 0.183. The molecule has 2 unspecified atom stereocenters. The van der Waals surface area contributed by atoms with Crippen molar-refractivity contribution in [1.29, 1.82) is 0 Å². The van der Waals surface area contributed by atoms with Gasteiger partial charge in [0.15, 0.2) is 5.60 Å². The number of nitrogens with one attached hydrogen (secondary N) is 1. The number of aliphatic hydroxyl groups is 1. The van der Waals surface area contributed by atoms with Gasteiger partial charge in [0, 0.05) is 12.6 Å². The predicted molar refractivity (Wildman–Crippen MR) is 111 cm³/mol. The fourth-order valence-corrected chi connectivity index (χ4v) is 7.79. The quantitative estimate of drug-likeness (QED) is 0.384. The maximum absolute atomic E-state index is 12.4. The van der Waals surface area contributed by atoms with E-state index in [0.717, 1.165) is 23.0 Å². The van der Waals surface area contributed by atoms with Crippen LogP contribution >= 0.6 is 8.67 Å². The van der Waals surface area contributed by atoms with Gasteiger partial charge in [-0.2, -0.15) is 0 Å². The van der Waals surface area contributed by atoms with Gasteiger partial charge < -0.3 is 14.6 Å². The van der Waals surface area contributed by atoms with Gasteiger partial charge in [0.2, 0.25) is 15.8 Å². The fraction of sp³-hybridized carbons (Fsp3) is 0.500. The second-order valence-corrected chi connectivity index (χ2v) is 15.7. The number of hydrogen-bond donors (Lipinski definition) is 3. The number of hydrogen-bond acceptors (Lipinski definition) is 9. The molecule has 0 amide bonds. The van der Waals surface area contributed by atoms with Crippen LogP contribution in [0.15, 0.2) is 35.9 Å². The molecule has 0 aliphatic carbocycles. The molecule has 1 fully saturated rings. The van der Waals surface area contributed by atoms with Crippen molar-refractivity contribution >= 4 is 24.5 Å². The Bertz CT molecular complexity index is 1010. The van der Waals surface area contributed by atoms with Crippen molar-refractivity contribution in [3.63, 3.8) is 0 Å². The SMILES string of the molecule is CCS(=O)(=O)N(C)C1=C(O)C(=O)C(C)(c2ccc(OC)cc2)O1.[O]=[Ti](=[O])[SH]1CCCN1. The molecule has 13 heteroatoms. The van der Waals surface area contributed by atoms with E-state index in [2.05, 4.69) is 4.72 Å². The van der Waals surface area contributed by atoms with E-state index in [0.29, 0.717) is 11.3 Å². The van der Waals surface area contributed by atoms with Gasteiger partial charge in [0.25, 0.3) is 11.7 Å². The Hall–Kier alpha value is -1.60. The third-order valence-corrected chi connectivity index (χ3v) is 12.3. The van der Waals surface area contributed by atoms with Gasteiger partial charge in [-0.05, 0) is 26.0 Å². The van der Waals surface area contributed by atoms with E-state index in [-0.39, 0.29) is 11.6 Å². The topological polar surface area (TPSA) is 139 Å². The van der Waals surface area contributed by atoms with Crippen molar-refractivity contribution in [2.45, 2.75) is 25.9 Å². The van der Waals surface area contributed by atoms with Crippen LogP contribution in [0.25, 0.3) is 0 Å². The van der Waals surface area contributed by atoms with E-state index in [1.807, 2.05) is 0 Å². The number of carbonyl (C=O) groups is 1. The molecule has 31 heavy (non-hydrogen) atoms. The fourth-order valence-electron chi connectivity index (χ4n) is 2.93. The molecule has 0 saturated carbocycles. The van der Waals surface area contributed by atoms with E-state index in [1.165, 1.54) is 28.0 Å². The molecular formula is C18H27N2O8S2Ti. The van der Waals surface area contributed by atoms with Crippen molar-refractivity contribution in [3.8, 4) is 5.75 Å². The van der Waals surface area contributed by atoms with Crippen LogP contribution in [0.3, 0.4) is 0 Å². The van der Waals surface area contributed by atoms with Crippen LogP contribution in [0.1, 0.15) is 25.8 Å². The van der Waals surface area contributed by atoms with Crippen LogP contribution in [0.5, 0.6) is 5.75 Å². The van der Waals surface area contributed by atoms with E-state index < -0.39 is 52.3 Å². The first-order chi connectivity index (χ1) is 14.5. The maximum atomic E-state index is 12.4. The van der Waals surface area contributed by atoms with Crippen LogP contribution in [-0.4, -0.2) is 55.8 Å². The second kappa shape index (κ2) is 10.3. The zero-order valence-electron chi connectivity index (χ0n) is 17.7. The van der Waals surface area contributed by atoms with Crippen LogP contribution in [0.4, 0.5) is 0 Å². The van der Waals surface area contributed by atoms with E-state index in [9.17, 15) is 25.0 Å². The van der Waals surface area contributed by atoms with Crippen molar-refractivity contribution < 1.29 is 50.9 Å². The van der Waals surface area contributed by atoms with Gasteiger partial charge >= 0.3 is 55.3 Å². The number of carbonyl (C=O) groups excluding carboxylic acids is 1. The Balaban J connectivity index is 0.000000357. The Morgan fingerprint density at radius 2 is 1.94 bits per heavy atom. The number of benzene rings is 1. The number of ketones is 1. The first-order valence-corrected chi connectivity index (χ1v) is 16.0.